The Morgan fingerprint density at radius 2 is 1.65 bits per heavy atom. The van der Waals surface area contributed by atoms with Gasteiger partial charge in [0.25, 0.3) is 0 Å². The van der Waals surface area contributed by atoms with Crippen molar-refractivity contribution >= 4 is 6.08 Å². The van der Waals surface area contributed by atoms with E-state index in [-0.39, 0.29) is 0 Å². The van der Waals surface area contributed by atoms with E-state index in [1.54, 1.807) is 0 Å². The van der Waals surface area contributed by atoms with E-state index in [4.69, 9.17) is 0 Å². The molecule has 20 heavy (non-hydrogen) atoms. The van der Waals surface area contributed by atoms with Gasteiger partial charge in [0.05, 0.1) is 0 Å². The van der Waals surface area contributed by atoms with E-state index in [0.717, 1.165) is 6.42 Å². The molecular formula is C20H24. The van der Waals surface area contributed by atoms with Crippen LogP contribution in [0, 0.1) is 12.8 Å². The van der Waals surface area contributed by atoms with E-state index in [1.807, 2.05) is 13.8 Å². The lowest BCUT2D eigenvalue weighted by atomic mass is 9.83. The molecule has 1 unspecified atom stereocenters. The predicted octanol–water partition coefficient (Wildman–Crippen LogP) is 5.89. The molecule has 0 N–H and O–H groups in total. The smallest absolute Gasteiger partial charge is 0.0146 e. The van der Waals surface area contributed by atoms with Crippen molar-refractivity contribution in [2.24, 2.45) is 5.92 Å². The molecule has 0 nitrogen and oxygen atoms in total. The van der Waals surface area contributed by atoms with E-state index in [9.17, 15) is 0 Å². The largest absolute Gasteiger partial charge is 0.0807 e. The van der Waals surface area contributed by atoms with Crippen molar-refractivity contribution in [2.75, 3.05) is 0 Å². The van der Waals surface area contributed by atoms with Crippen LogP contribution in [0.15, 0.2) is 48.5 Å². The lowest BCUT2D eigenvalue weighted by molar-refractivity contribution is 0.717. The Hall–Kier alpha value is -1.82. The minimum absolute atomic E-state index is 0.641. The highest BCUT2D eigenvalue weighted by atomic mass is 14.2. The molecule has 0 heteroatoms. The van der Waals surface area contributed by atoms with Crippen LogP contribution in [-0.4, -0.2) is 0 Å². The number of fused-ring (bicyclic) bond motifs is 1. The zero-order valence-corrected chi connectivity index (χ0v) is 13.0. The summed E-state index contributed by atoms with van der Waals surface area (Å²) in [7, 11) is 0. The summed E-state index contributed by atoms with van der Waals surface area (Å²) < 4.78 is 0. The van der Waals surface area contributed by atoms with Crippen molar-refractivity contribution in [1.29, 1.82) is 0 Å². The van der Waals surface area contributed by atoms with Crippen LogP contribution < -0.4 is 0 Å². The monoisotopic (exact) mass is 264 g/mol. The second-order valence-corrected chi connectivity index (χ2v) is 5.23. The third kappa shape index (κ3) is 2.85. The Balaban J connectivity index is 0.000000704. The number of rotatable bonds is 1. The molecule has 0 spiro atoms. The first kappa shape index (κ1) is 14.6. The number of allylic oxidation sites excluding steroid dienone is 1. The van der Waals surface area contributed by atoms with Crippen LogP contribution in [0.4, 0.5) is 0 Å². The Morgan fingerprint density at radius 1 is 0.950 bits per heavy atom. The molecule has 0 radical (unpaired) electrons. The fraction of sp³-hybridized carbons (Fsp3) is 0.300. The molecule has 0 aliphatic heterocycles. The Kier molecular flexibility index (Phi) is 4.79. The van der Waals surface area contributed by atoms with Crippen LogP contribution in [0.25, 0.3) is 17.2 Å². The molecule has 1 aliphatic rings. The van der Waals surface area contributed by atoms with Gasteiger partial charge in [0.15, 0.2) is 0 Å². The fourth-order valence-electron chi connectivity index (χ4n) is 2.77. The van der Waals surface area contributed by atoms with Crippen molar-refractivity contribution in [3.8, 4) is 11.1 Å². The number of hydrogen-bond donors (Lipinski definition) is 0. The maximum atomic E-state index is 2.32. The predicted molar refractivity (Wildman–Crippen MR) is 89.9 cm³/mol. The third-order valence-corrected chi connectivity index (χ3v) is 3.78. The SMILES string of the molecule is CC.Cc1ccc(-c2ccccc2)c2c1C=CC(C)C2. The Morgan fingerprint density at radius 3 is 2.35 bits per heavy atom. The fourth-order valence-corrected chi connectivity index (χ4v) is 2.77. The summed E-state index contributed by atoms with van der Waals surface area (Å²) in [4.78, 5) is 0. The van der Waals surface area contributed by atoms with E-state index >= 15 is 0 Å². The van der Waals surface area contributed by atoms with Crippen LogP contribution in [-0.2, 0) is 6.42 Å². The molecule has 1 aliphatic carbocycles. The Bertz CT molecular complexity index is 591. The molecule has 0 fully saturated rings. The summed E-state index contributed by atoms with van der Waals surface area (Å²) in [6.45, 7) is 8.49. The summed E-state index contributed by atoms with van der Waals surface area (Å²) in [6.07, 6.45) is 5.77. The lowest BCUT2D eigenvalue weighted by Crippen LogP contribution is -2.06. The molecule has 2 aromatic rings. The second-order valence-electron chi connectivity index (χ2n) is 5.23. The molecule has 0 saturated heterocycles. The van der Waals surface area contributed by atoms with Gasteiger partial charge in [-0.15, -0.1) is 0 Å². The molecule has 0 aromatic heterocycles. The standard InChI is InChI=1S/C18H18.C2H6/c1-13-8-10-16-14(2)9-11-17(18(16)12-13)15-6-4-3-5-7-15;1-2/h3-11,13H,12H2,1-2H3;1-2H3. The first-order chi connectivity index (χ1) is 9.75. The van der Waals surface area contributed by atoms with Crippen LogP contribution in [0.1, 0.15) is 37.5 Å². The normalized spacial score (nSPS) is 16.1. The summed E-state index contributed by atoms with van der Waals surface area (Å²) in [5.74, 6) is 0.641. The summed E-state index contributed by atoms with van der Waals surface area (Å²) in [5, 5.41) is 0. The number of aryl methyl sites for hydroxylation is 1. The molecule has 104 valence electrons. The van der Waals surface area contributed by atoms with Gasteiger partial charge in [-0.3, -0.25) is 0 Å². The number of hydrogen-bond acceptors (Lipinski definition) is 0. The molecule has 2 aromatic carbocycles. The van der Waals surface area contributed by atoms with Gasteiger partial charge in [0, 0.05) is 0 Å². The Labute approximate surface area is 123 Å². The summed E-state index contributed by atoms with van der Waals surface area (Å²) in [6, 6.07) is 15.2. The number of benzene rings is 2. The zero-order chi connectivity index (χ0) is 14.5. The first-order valence-corrected chi connectivity index (χ1v) is 7.62. The third-order valence-electron chi connectivity index (χ3n) is 3.78. The van der Waals surface area contributed by atoms with Crippen LogP contribution in [0.5, 0.6) is 0 Å². The molecule has 1 atom stereocenters. The topological polar surface area (TPSA) is 0 Å². The van der Waals surface area contributed by atoms with E-state index < -0.39 is 0 Å². The van der Waals surface area contributed by atoms with Crippen molar-refractivity contribution < 1.29 is 0 Å². The minimum atomic E-state index is 0.641. The van der Waals surface area contributed by atoms with E-state index in [0.29, 0.717) is 5.92 Å². The quantitative estimate of drug-likeness (QED) is 0.602. The maximum Gasteiger partial charge on any atom is -0.0146 e. The molecular weight excluding hydrogens is 240 g/mol. The van der Waals surface area contributed by atoms with Gasteiger partial charge in [-0.2, -0.15) is 0 Å². The van der Waals surface area contributed by atoms with Crippen LogP contribution in [0.2, 0.25) is 0 Å². The van der Waals surface area contributed by atoms with Crippen molar-refractivity contribution in [3.05, 3.63) is 65.2 Å². The van der Waals surface area contributed by atoms with Gasteiger partial charge >= 0.3 is 0 Å². The van der Waals surface area contributed by atoms with Gasteiger partial charge in [0.2, 0.25) is 0 Å². The van der Waals surface area contributed by atoms with Crippen LogP contribution in [0.3, 0.4) is 0 Å². The highest BCUT2D eigenvalue weighted by Crippen LogP contribution is 2.34. The maximum absolute atomic E-state index is 2.32. The van der Waals surface area contributed by atoms with Gasteiger partial charge in [-0.05, 0) is 47.1 Å². The molecule has 0 bridgehead atoms. The molecule has 0 heterocycles. The highest BCUT2D eigenvalue weighted by molar-refractivity contribution is 5.75. The average molecular weight is 264 g/mol. The van der Waals surface area contributed by atoms with Crippen molar-refractivity contribution in [2.45, 2.75) is 34.1 Å². The van der Waals surface area contributed by atoms with E-state index in [2.05, 4.69) is 68.5 Å². The highest BCUT2D eigenvalue weighted by Gasteiger charge is 2.16. The van der Waals surface area contributed by atoms with Gasteiger partial charge in [-0.25, -0.2) is 0 Å². The van der Waals surface area contributed by atoms with E-state index in [1.165, 1.54) is 27.8 Å². The summed E-state index contributed by atoms with van der Waals surface area (Å²) in [5.41, 5.74) is 7.04. The summed E-state index contributed by atoms with van der Waals surface area (Å²) >= 11 is 0. The van der Waals surface area contributed by atoms with Crippen LogP contribution >= 0.6 is 0 Å². The molecule has 0 saturated carbocycles. The second kappa shape index (κ2) is 6.56. The first-order valence-electron chi connectivity index (χ1n) is 7.62. The lowest BCUT2D eigenvalue weighted by Gasteiger charge is -2.21. The average Bonchev–Trinajstić information content (AvgIpc) is 2.50. The minimum Gasteiger partial charge on any atom is -0.0807 e. The van der Waals surface area contributed by atoms with Gasteiger partial charge < -0.3 is 0 Å². The van der Waals surface area contributed by atoms with Gasteiger partial charge in [-0.1, -0.05) is 75.4 Å². The molecule has 3 rings (SSSR count). The zero-order valence-electron chi connectivity index (χ0n) is 13.0. The molecule has 0 amide bonds. The van der Waals surface area contributed by atoms with Gasteiger partial charge in [0.1, 0.15) is 0 Å². The van der Waals surface area contributed by atoms with Crippen molar-refractivity contribution in [1.82, 2.24) is 0 Å². The van der Waals surface area contributed by atoms with Crippen molar-refractivity contribution in [3.63, 3.8) is 0 Å².